The van der Waals surface area contributed by atoms with Gasteiger partial charge in [-0.25, -0.2) is 0 Å². The number of methoxy groups -OCH3 is 1. The Morgan fingerprint density at radius 2 is 1.96 bits per heavy atom. The minimum Gasteiger partial charge on any atom is -0.493 e. The summed E-state index contributed by atoms with van der Waals surface area (Å²) < 4.78 is 37.6. The van der Waals surface area contributed by atoms with E-state index in [9.17, 15) is 18.4 Å². The SMILES string of the molecule is COc1cc(CNC(=O)COC(=O)[C@]2(C)CC2(Cl)Cl)ccc1OC(F)F. The summed E-state index contributed by atoms with van der Waals surface area (Å²) in [6.45, 7) is -1.82. The zero-order valence-corrected chi connectivity index (χ0v) is 15.5. The average molecular weight is 412 g/mol. The Morgan fingerprint density at radius 1 is 1.31 bits per heavy atom. The highest BCUT2D eigenvalue weighted by Crippen LogP contribution is 2.64. The third-order valence-electron chi connectivity index (χ3n) is 3.98. The Hall–Kier alpha value is -1.80. The van der Waals surface area contributed by atoms with Crippen molar-refractivity contribution in [2.75, 3.05) is 13.7 Å². The van der Waals surface area contributed by atoms with Crippen LogP contribution in [0, 0.1) is 5.41 Å². The fourth-order valence-electron chi connectivity index (χ4n) is 2.18. The maximum atomic E-state index is 12.3. The second-order valence-corrected chi connectivity index (χ2v) is 7.41. The van der Waals surface area contributed by atoms with Crippen LogP contribution < -0.4 is 14.8 Å². The largest absolute Gasteiger partial charge is 0.493 e. The van der Waals surface area contributed by atoms with Crippen LogP contribution in [0.4, 0.5) is 8.78 Å². The normalized spacial score (nSPS) is 20.4. The molecular formula is C16H17Cl2F2NO5. The molecule has 1 aromatic rings. The molecule has 1 aliphatic carbocycles. The highest BCUT2D eigenvalue weighted by atomic mass is 35.5. The molecule has 10 heteroatoms. The summed E-state index contributed by atoms with van der Waals surface area (Å²) in [7, 11) is 1.31. The number of ether oxygens (including phenoxy) is 3. The molecule has 1 amide bonds. The zero-order valence-electron chi connectivity index (χ0n) is 14.0. The van der Waals surface area contributed by atoms with Crippen LogP contribution in [0.15, 0.2) is 18.2 Å². The molecular weight excluding hydrogens is 395 g/mol. The van der Waals surface area contributed by atoms with Crippen LogP contribution in [-0.2, 0) is 20.9 Å². The first-order chi connectivity index (χ1) is 12.1. The van der Waals surface area contributed by atoms with Gasteiger partial charge in [0, 0.05) is 13.0 Å². The van der Waals surface area contributed by atoms with Crippen LogP contribution >= 0.6 is 23.2 Å². The number of rotatable bonds is 8. The lowest BCUT2D eigenvalue weighted by Gasteiger charge is -2.13. The van der Waals surface area contributed by atoms with Crippen molar-refractivity contribution < 1.29 is 32.6 Å². The van der Waals surface area contributed by atoms with Gasteiger partial charge in [-0.3, -0.25) is 9.59 Å². The van der Waals surface area contributed by atoms with E-state index in [-0.39, 0.29) is 24.5 Å². The van der Waals surface area contributed by atoms with Gasteiger partial charge in [0.25, 0.3) is 5.91 Å². The van der Waals surface area contributed by atoms with Crippen molar-refractivity contribution in [3.8, 4) is 11.5 Å². The van der Waals surface area contributed by atoms with Gasteiger partial charge >= 0.3 is 12.6 Å². The van der Waals surface area contributed by atoms with Gasteiger partial charge in [0.05, 0.1) is 7.11 Å². The van der Waals surface area contributed by atoms with E-state index in [1.54, 1.807) is 6.92 Å². The van der Waals surface area contributed by atoms with E-state index < -0.39 is 34.8 Å². The highest BCUT2D eigenvalue weighted by Gasteiger charge is 2.69. The van der Waals surface area contributed by atoms with Crippen LogP contribution in [0.5, 0.6) is 11.5 Å². The van der Waals surface area contributed by atoms with Gasteiger partial charge in [-0.1, -0.05) is 6.07 Å². The van der Waals surface area contributed by atoms with Crippen molar-refractivity contribution in [2.24, 2.45) is 5.41 Å². The number of hydrogen-bond acceptors (Lipinski definition) is 5. The molecule has 0 aromatic heterocycles. The Labute approximate surface area is 158 Å². The van der Waals surface area contributed by atoms with Crippen molar-refractivity contribution in [3.05, 3.63) is 23.8 Å². The van der Waals surface area contributed by atoms with E-state index in [1.807, 2.05) is 0 Å². The van der Waals surface area contributed by atoms with Gasteiger partial charge in [-0.2, -0.15) is 8.78 Å². The van der Waals surface area contributed by atoms with E-state index in [0.717, 1.165) is 0 Å². The Kier molecular flexibility index (Phi) is 6.18. The summed E-state index contributed by atoms with van der Waals surface area (Å²) in [5.41, 5.74) is -0.428. The topological polar surface area (TPSA) is 73.9 Å². The summed E-state index contributed by atoms with van der Waals surface area (Å²) in [6, 6.07) is 4.25. The van der Waals surface area contributed by atoms with Crippen LogP contribution in [0.2, 0.25) is 0 Å². The minimum absolute atomic E-state index is 0.0773. The minimum atomic E-state index is -2.97. The number of carbonyl (C=O) groups is 2. The third kappa shape index (κ3) is 4.67. The van der Waals surface area contributed by atoms with Gasteiger partial charge in [0.2, 0.25) is 0 Å². The molecule has 1 fully saturated rings. The predicted octanol–water partition coefficient (Wildman–Crippen LogP) is 3.04. The third-order valence-corrected chi connectivity index (χ3v) is 5.08. The van der Waals surface area contributed by atoms with E-state index in [2.05, 4.69) is 10.1 Å². The standard InChI is InChI=1S/C16H17Cl2F2NO5/c1-15(8-16(15,17)18)13(23)25-7-12(22)21-6-9-3-4-10(26-14(19)20)11(5-9)24-2/h3-5,14H,6-8H2,1-2H3,(H,21,22)/t15-/m0/s1. The van der Waals surface area contributed by atoms with Crippen molar-refractivity contribution >= 4 is 35.1 Å². The Balaban J connectivity index is 1.83. The lowest BCUT2D eigenvalue weighted by Crippen LogP contribution is -2.31. The molecule has 1 aliphatic rings. The molecule has 26 heavy (non-hydrogen) atoms. The predicted molar refractivity (Wildman–Crippen MR) is 89.6 cm³/mol. The number of carbonyl (C=O) groups excluding carboxylic acids is 2. The van der Waals surface area contributed by atoms with E-state index >= 15 is 0 Å². The molecule has 1 saturated carbocycles. The van der Waals surface area contributed by atoms with Crippen molar-refractivity contribution in [1.29, 1.82) is 0 Å². The fraction of sp³-hybridized carbons (Fsp3) is 0.500. The van der Waals surface area contributed by atoms with Gasteiger partial charge < -0.3 is 19.5 Å². The van der Waals surface area contributed by atoms with Crippen LogP contribution in [-0.4, -0.2) is 36.5 Å². The number of amides is 1. The quantitative estimate of drug-likeness (QED) is 0.525. The summed E-state index contributed by atoms with van der Waals surface area (Å²) in [4.78, 5) is 23.7. The summed E-state index contributed by atoms with van der Waals surface area (Å²) in [5, 5.41) is 2.53. The molecule has 0 bridgehead atoms. The van der Waals surface area contributed by atoms with Gasteiger partial charge in [-0.05, 0) is 24.6 Å². The molecule has 0 radical (unpaired) electrons. The molecule has 2 rings (SSSR count). The number of benzene rings is 1. The Bertz CT molecular complexity index is 701. The molecule has 0 unspecified atom stereocenters. The molecule has 0 spiro atoms. The first kappa shape index (κ1) is 20.5. The van der Waals surface area contributed by atoms with Crippen molar-refractivity contribution in [3.63, 3.8) is 0 Å². The van der Waals surface area contributed by atoms with Gasteiger partial charge in [0.1, 0.15) is 9.75 Å². The second-order valence-electron chi connectivity index (χ2n) is 5.93. The molecule has 144 valence electrons. The maximum Gasteiger partial charge on any atom is 0.387 e. The van der Waals surface area contributed by atoms with E-state index in [0.29, 0.717) is 5.56 Å². The molecule has 1 aromatic carbocycles. The molecule has 0 aliphatic heterocycles. The Morgan fingerprint density at radius 3 is 2.50 bits per heavy atom. The van der Waals surface area contributed by atoms with E-state index in [1.165, 1.54) is 25.3 Å². The van der Waals surface area contributed by atoms with Crippen LogP contribution in [0.1, 0.15) is 18.9 Å². The smallest absolute Gasteiger partial charge is 0.387 e. The fourth-order valence-corrected chi connectivity index (χ4v) is 2.87. The lowest BCUT2D eigenvalue weighted by atomic mass is 10.1. The van der Waals surface area contributed by atoms with E-state index in [4.69, 9.17) is 32.7 Å². The number of alkyl halides is 4. The second kappa shape index (κ2) is 7.84. The number of halogens is 4. The van der Waals surface area contributed by atoms with Gasteiger partial charge in [-0.15, -0.1) is 23.2 Å². The van der Waals surface area contributed by atoms with Gasteiger partial charge in [0.15, 0.2) is 18.1 Å². The van der Waals surface area contributed by atoms with Crippen LogP contribution in [0.3, 0.4) is 0 Å². The maximum absolute atomic E-state index is 12.3. The first-order valence-corrected chi connectivity index (χ1v) is 8.28. The zero-order chi connectivity index (χ0) is 19.5. The van der Waals surface area contributed by atoms with Crippen molar-refractivity contribution in [2.45, 2.75) is 30.8 Å². The monoisotopic (exact) mass is 411 g/mol. The molecule has 6 nitrogen and oxygen atoms in total. The average Bonchev–Trinajstić information content (AvgIpc) is 3.10. The first-order valence-electron chi connectivity index (χ1n) is 7.52. The summed E-state index contributed by atoms with van der Waals surface area (Å²) >= 11 is 11.7. The number of hydrogen-bond donors (Lipinski definition) is 1. The molecule has 0 heterocycles. The molecule has 0 saturated heterocycles. The molecule has 1 atom stereocenters. The lowest BCUT2D eigenvalue weighted by molar-refractivity contribution is -0.153. The number of esters is 1. The van der Waals surface area contributed by atoms with Crippen molar-refractivity contribution in [1.82, 2.24) is 5.32 Å². The summed E-state index contributed by atoms with van der Waals surface area (Å²) in [5.74, 6) is -1.20. The highest BCUT2D eigenvalue weighted by molar-refractivity contribution is 6.53. The summed E-state index contributed by atoms with van der Waals surface area (Å²) in [6.07, 6.45) is 0.260. The number of nitrogens with one attached hydrogen (secondary N) is 1. The van der Waals surface area contributed by atoms with Crippen LogP contribution in [0.25, 0.3) is 0 Å². The molecule has 1 N–H and O–H groups in total.